The number of rotatable bonds is 5. The molecule has 1 unspecified atom stereocenters. The number of nitrogens with zero attached hydrogens (tertiary/aromatic N) is 1. The monoisotopic (exact) mass is 412 g/mol. The van der Waals surface area contributed by atoms with E-state index in [2.05, 4.69) is 6.07 Å². The summed E-state index contributed by atoms with van der Waals surface area (Å²) in [7, 11) is 0. The van der Waals surface area contributed by atoms with E-state index in [9.17, 15) is 14.9 Å². The van der Waals surface area contributed by atoms with E-state index >= 15 is 0 Å². The highest BCUT2D eigenvalue weighted by Gasteiger charge is 2.25. The van der Waals surface area contributed by atoms with Gasteiger partial charge in [0.25, 0.3) is 0 Å². The van der Waals surface area contributed by atoms with E-state index in [4.69, 9.17) is 15.2 Å². The van der Waals surface area contributed by atoms with Crippen LogP contribution in [0.4, 0.5) is 0 Å². The fraction of sp³-hybridized carbons (Fsp3) is 0.160. The predicted molar refractivity (Wildman–Crippen MR) is 114 cm³/mol. The van der Waals surface area contributed by atoms with Gasteiger partial charge in [0.05, 0.1) is 23.8 Å². The third-order valence-corrected chi connectivity index (χ3v) is 5.34. The molecule has 1 atom stereocenters. The first-order valence-electron chi connectivity index (χ1n) is 9.84. The molecule has 0 fully saturated rings. The molecule has 3 aromatic carbocycles. The number of benzene rings is 3. The third kappa shape index (κ3) is 3.86. The van der Waals surface area contributed by atoms with Crippen molar-refractivity contribution in [1.82, 2.24) is 0 Å². The third-order valence-electron chi connectivity index (χ3n) is 5.34. The molecule has 2 N–H and O–H groups in total. The maximum atomic E-state index is 12.2. The average Bonchev–Trinajstić information content (AvgIpc) is 2.79. The minimum atomic E-state index is -0.617. The fourth-order valence-electron chi connectivity index (χ4n) is 3.68. The molecule has 31 heavy (non-hydrogen) atoms. The number of carbonyl (C=O) groups is 2. The van der Waals surface area contributed by atoms with Crippen LogP contribution in [0.15, 0.2) is 60.7 Å². The van der Waals surface area contributed by atoms with Gasteiger partial charge >= 0.3 is 0 Å². The van der Waals surface area contributed by atoms with Gasteiger partial charge in [0.2, 0.25) is 5.91 Å². The smallest absolute Gasteiger partial charge is 0.248 e. The average molecular weight is 412 g/mol. The lowest BCUT2D eigenvalue weighted by atomic mass is 9.95. The van der Waals surface area contributed by atoms with Gasteiger partial charge < -0.3 is 15.2 Å². The van der Waals surface area contributed by atoms with Crippen molar-refractivity contribution < 1.29 is 19.1 Å². The second-order valence-electron chi connectivity index (χ2n) is 7.27. The number of ether oxygens (including phenoxy) is 2. The molecule has 154 valence electrons. The zero-order chi connectivity index (χ0) is 22.0. The van der Waals surface area contributed by atoms with Crippen LogP contribution < -0.4 is 15.2 Å². The Kier molecular flexibility index (Phi) is 5.42. The molecule has 0 spiro atoms. The molecule has 1 aliphatic heterocycles. The molecule has 6 heteroatoms. The predicted octanol–water partition coefficient (Wildman–Crippen LogP) is 4.10. The summed E-state index contributed by atoms with van der Waals surface area (Å²) in [6, 6.07) is 19.6. The van der Waals surface area contributed by atoms with Gasteiger partial charge in [-0.15, -0.1) is 0 Å². The maximum absolute atomic E-state index is 12.2. The van der Waals surface area contributed by atoms with Gasteiger partial charge in [-0.1, -0.05) is 30.3 Å². The molecule has 0 aliphatic carbocycles. The first-order valence-corrected chi connectivity index (χ1v) is 9.84. The molecule has 1 amide bonds. The van der Waals surface area contributed by atoms with E-state index in [1.807, 2.05) is 19.1 Å². The molecule has 0 radical (unpaired) electrons. The second-order valence-corrected chi connectivity index (χ2v) is 7.27. The second kappa shape index (κ2) is 8.33. The Labute approximate surface area is 179 Å². The van der Waals surface area contributed by atoms with Gasteiger partial charge in [-0.2, -0.15) is 5.26 Å². The fourth-order valence-corrected chi connectivity index (χ4v) is 3.68. The molecule has 4 rings (SSSR count). The number of fused-ring (bicyclic) bond motifs is 1. The van der Waals surface area contributed by atoms with E-state index in [1.54, 1.807) is 48.5 Å². The number of amides is 1. The van der Waals surface area contributed by atoms with Crippen LogP contribution >= 0.6 is 0 Å². The van der Waals surface area contributed by atoms with E-state index in [0.29, 0.717) is 46.8 Å². The molecule has 6 nitrogen and oxygen atoms in total. The summed E-state index contributed by atoms with van der Waals surface area (Å²) in [6.45, 7) is 2.18. The van der Waals surface area contributed by atoms with Gasteiger partial charge in [0, 0.05) is 23.1 Å². The van der Waals surface area contributed by atoms with Crippen LogP contribution in [0.1, 0.15) is 55.5 Å². The van der Waals surface area contributed by atoms with Crippen molar-refractivity contribution in [3.8, 4) is 17.6 Å². The van der Waals surface area contributed by atoms with E-state index in [1.165, 1.54) is 0 Å². The van der Waals surface area contributed by atoms with Crippen LogP contribution in [0.2, 0.25) is 0 Å². The first-order chi connectivity index (χ1) is 15.0. The highest BCUT2D eigenvalue weighted by atomic mass is 16.5. The van der Waals surface area contributed by atoms with Crippen molar-refractivity contribution in [1.29, 1.82) is 5.26 Å². The topological polar surface area (TPSA) is 102 Å². The Balaban J connectivity index is 1.80. The van der Waals surface area contributed by atoms with Crippen LogP contribution in [0.25, 0.3) is 0 Å². The number of Topliss-reactive ketones (excluding diaryl/α,β-unsaturated/α-hetero) is 1. The summed E-state index contributed by atoms with van der Waals surface area (Å²) in [5.74, 6) is 0.605. The molecule has 0 saturated carbocycles. The van der Waals surface area contributed by atoms with Crippen LogP contribution in [-0.4, -0.2) is 18.3 Å². The number of hydrogen-bond donors (Lipinski definition) is 1. The van der Waals surface area contributed by atoms with Crippen LogP contribution in [-0.2, 0) is 0 Å². The largest absolute Gasteiger partial charge is 0.492 e. The standard InChI is InChI=1S/C25H20N2O4/c1-15-22(11-10-20-21(28)12-13-30-23(15)20)31-24(19-5-3-2-4-18(19)14-26)16-6-8-17(9-7-16)25(27)29/h2-11,24H,12-13H2,1H3,(H2,27,29). The Morgan fingerprint density at radius 2 is 1.87 bits per heavy atom. The summed E-state index contributed by atoms with van der Waals surface area (Å²) in [5, 5.41) is 9.61. The normalized spacial score (nSPS) is 13.5. The lowest BCUT2D eigenvalue weighted by molar-refractivity contribution is 0.0931. The quantitative estimate of drug-likeness (QED) is 0.680. The Morgan fingerprint density at radius 3 is 2.58 bits per heavy atom. The lowest BCUT2D eigenvalue weighted by Crippen LogP contribution is -2.17. The van der Waals surface area contributed by atoms with E-state index in [-0.39, 0.29) is 5.78 Å². The van der Waals surface area contributed by atoms with Crippen molar-refractivity contribution in [2.24, 2.45) is 5.73 Å². The zero-order valence-electron chi connectivity index (χ0n) is 16.9. The molecule has 1 heterocycles. The number of carbonyl (C=O) groups excluding carboxylic acids is 2. The van der Waals surface area contributed by atoms with E-state index in [0.717, 1.165) is 11.1 Å². The molecule has 0 saturated heterocycles. The lowest BCUT2D eigenvalue weighted by Gasteiger charge is -2.25. The first kappa shape index (κ1) is 20.2. The molecule has 0 bridgehead atoms. The molecule has 3 aromatic rings. The Bertz CT molecular complexity index is 1210. The summed E-state index contributed by atoms with van der Waals surface area (Å²) < 4.78 is 12.1. The number of ketones is 1. The maximum Gasteiger partial charge on any atom is 0.248 e. The Hall–Kier alpha value is -4.11. The Morgan fingerprint density at radius 1 is 1.13 bits per heavy atom. The summed E-state index contributed by atoms with van der Waals surface area (Å²) in [4.78, 5) is 23.6. The van der Waals surface area contributed by atoms with Crippen molar-refractivity contribution in [2.45, 2.75) is 19.4 Å². The summed E-state index contributed by atoms with van der Waals surface area (Å²) >= 11 is 0. The highest BCUT2D eigenvalue weighted by molar-refractivity contribution is 6.00. The van der Waals surface area contributed by atoms with Crippen LogP contribution in [0.3, 0.4) is 0 Å². The highest BCUT2D eigenvalue weighted by Crippen LogP contribution is 2.38. The molecular formula is C25H20N2O4. The van der Waals surface area contributed by atoms with Crippen molar-refractivity contribution >= 4 is 11.7 Å². The van der Waals surface area contributed by atoms with Gasteiger partial charge in [-0.25, -0.2) is 0 Å². The molecular weight excluding hydrogens is 392 g/mol. The zero-order valence-corrected chi connectivity index (χ0v) is 16.9. The van der Waals surface area contributed by atoms with Gasteiger partial charge in [-0.3, -0.25) is 9.59 Å². The number of nitrogens with two attached hydrogens (primary N) is 1. The number of hydrogen-bond acceptors (Lipinski definition) is 5. The van der Waals surface area contributed by atoms with Gasteiger partial charge in [0.15, 0.2) is 11.9 Å². The van der Waals surface area contributed by atoms with Gasteiger partial charge in [-0.05, 0) is 42.8 Å². The van der Waals surface area contributed by atoms with Crippen molar-refractivity contribution in [3.05, 3.63) is 94.0 Å². The summed E-state index contributed by atoms with van der Waals surface area (Å²) in [5.41, 5.74) is 8.93. The van der Waals surface area contributed by atoms with Crippen molar-refractivity contribution in [2.75, 3.05) is 6.61 Å². The molecule has 0 aromatic heterocycles. The molecule has 1 aliphatic rings. The van der Waals surface area contributed by atoms with Crippen LogP contribution in [0, 0.1) is 18.3 Å². The van der Waals surface area contributed by atoms with E-state index < -0.39 is 12.0 Å². The SMILES string of the molecule is Cc1c(OC(c2ccc(C(N)=O)cc2)c2ccccc2C#N)ccc2c1OCCC2=O. The minimum Gasteiger partial charge on any atom is -0.492 e. The van der Waals surface area contributed by atoms with Crippen molar-refractivity contribution in [3.63, 3.8) is 0 Å². The minimum absolute atomic E-state index is 0.0457. The van der Waals surface area contributed by atoms with Crippen LogP contribution in [0.5, 0.6) is 11.5 Å². The number of primary amides is 1. The number of nitriles is 1. The summed E-state index contributed by atoms with van der Waals surface area (Å²) in [6.07, 6.45) is -0.259. The van der Waals surface area contributed by atoms with Gasteiger partial charge in [0.1, 0.15) is 11.5 Å².